The quantitative estimate of drug-likeness (QED) is 0.553. The van der Waals surface area contributed by atoms with E-state index in [0.717, 1.165) is 16.9 Å². The molecule has 0 atom stereocenters. The number of amides is 2. The Balaban J connectivity index is 0.00000208. The third-order valence-electron chi connectivity index (χ3n) is 3.62. The second kappa shape index (κ2) is 8.58. The second-order valence-corrected chi connectivity index (χ2v) is 5.34. The van der Waals surface area contributed by atoms with E-state index in [9.17, 15) is 9.59 Å². The molecule has 1 aliphatic heterocycles. The zero-order valence-corrected chi connectivity index (χ0v) is 13.6. The molecule has 0 saturated carbocycles. The summed E-state index contributed by atoms with van der Waals surface area (Å²) in [6.07, 6.45) is 0. The van der Waals surface area contributed by atoms with Crippen molar-refractivity contribution < 1.29 is 33.2 Å². The molecule has 0 radical (unpaired) electrons. The van der Waals surface area contributed by atoms with Gasteiger partial charge in [0.1, 0.15) is 18.3 Å². The summed E-state index contributed by atoms with van der Waals surface area (Å²) in [5, 5.41) is 3.63. The van der Waals surface area contributed by atoms with Crippen molar-refractivity contribution in [2.24, 2.45) is 0 Å². The monoisotopic (exact) mass is 316 g/mol. The van der Waals surface area contributed by atoms with Crippen LogP contribution in [-0.2, 0) is 22.7 Å². The van der Waals surface area contributed by atoms with Gasteiger partial charge in [-0.15, -0.1) is 6.54 Å². The van der Waals surface area contributed by atoms with Crippen LogP contribution in [0.25, 0.3) is 5.32 Å². The van der Waals surface area contributed by atoms with Crippen LogP contribution in [0.2, 0.25) is 0 Å². The molecular weight excluding hydrogens is 299 g/mol. The normalized spacial score (nSPS) is 13.9. The van der Waals surface area contributed by atoms with Gasteiger partial charge in [0.05, 0.1) is 0 Å². The van der Waals surface area contributed by atoms with Gasteiger partial charge < -0.3 is 19.7 Å². The topological polar surface area (TPSA) is 60.7 Å². The number of nitrogens with zero attached hydrogens (tertiary/aromatic N) is 2. The number of carbonyl (C=O) groups excluding carboxylic acids is 2. The Kier molecular flexibility index (Phi) is 6.48. The van der Waals surface area contributed by atoms with Crippen LogP contribution in [-0.4, -0.2) is 29.8 Å². The van der Waals surface area contributed by atoms with Crippen LogP contribution in [0.5, 0.6) is 5.75 Å². The molecule has 0 bridgehead atoms. The largest absolute Gasteiger partial charge is 1.00 e. The van der Waals surface area contributed by atoms with Gasteiger partial charge in [0.2, 0.25) is 0 Å². The van der Waals surface area contributed by atoms with E-state index < -0.39 is 11.8 Å². The third-order valence-corrected chi connectivity index (χ3v) is 3.62. The van der Waals surface area contributed by atoms with Crippen molar-refractivity contribution in [3.63, 3.8) is 0 Å². The van der Waals surface area contributed by atoms with Gasteiger partial charge in [-0.1, -0.05) is 42.5 Å². The summed E-state index contributed by atoms with van der Waals surface area (Å²) >= 11 is 0. The number of carbonyl (C=O) groups is 2. The van der Waals surface area contributed by atoms with Crippen LogP contribution in [0.3, 0.4) is 0 Å². The fraction of sp³-hybridized carbons (Fsp3) is 0.222. The molecule has 1 heterocycles. The van der Waals surface area contributed by atoms with Crippen molar-refractivity contribution in [3.05, 3.63) is 71.0 Å². The molecule has 1 aliphatic rings. The Morgan fingerprint density at radius 1 is 1.00 bits per heavy atom. The number of benzene rings is 2. The van der Waals surface area contributed by atoms with Gasteiger partial charge >= 0.3 is 18.9 Å². The van der Waals surface area contributed by atoms with Crippen LogP contribution in [0.15, 0.2) is 54.6 Å². The average Bonchev–Trinajstić information content (AvgIpc) is 2.59. The van der Waals surface area contributed by atoms with Crippen molar-refractivity contribution in [2.45, 2.75) is 13.2 Å². The molecular formula is C18H17LiN2O3. The van der Waals surface area contributed by atoms with Crippen LogP contribution < -0.4 is 23.6 Å². The first-order valence-corrected chi connectivity index (χ1v) is 7.49. The molecule has 24 heavy (non-hydrogen) atoms. The summed E-state index contributed by atoms with van der Waals surface area (Å²) in [5.41, 5.74) is 2.02. The molecule has 2 aromatic rings. The Bertz CT molecular complexity index is 706. The summed E-state index contributed by atoms with van der Waals surface area (Å²) < 4.78 is 5.78. The van der Waals surface area contributed by atoms with E-state index in [1.54, 1.807) is 0 Å². The predicted octanol–water partition coefficient (Wildman–Crippen LogP) is -0.488. The minimum Gasteiger partial charge on any atom is -0.644 e. The first-order valence-electron chi connectivity index (χ1n) is 7.49. The zero-order chi connectivity index (χ0) is 16.1. The smallest absolute Gasteiger partial charge is 0.644 e. The van der Waals surface area contributed by atoms with E-state index in [0.29, 0.717) is 26.2 Å². The fourth-order valence-corrected chi connectivity index (χ4v) is 2.42. The SMILES string of the molecule is O=C1[N-]CCN(Cc2cccc(OCc3ccccc3)c2)C1=O.[Li+]. The molecule has 3 rings (SSSR count). The minimum absolute atomic E-state index is 0. The molecule has 2 aromatic carbocycles. The van der Waals surface area contributed by atoms with Gasteiger partial charge in [-0.25, -0.2) is 0 Å². The van der Waals surface area contributed by atoms with E-state index in [4.69, 9.17) is 4.74 Å². The van der Waals surface area contributed by atoms with Gasteiger partial charge in [-0.2, -0.15) is 0 Å². The Labute approximate surface area is 153 Å². The summed E-state index contributed by atoms with van der Waals surface area (Å²) in [7, 11) is 0. The first-order chi connectivity index (χ1) is 11.2. The standard InChI is InChI=1S/C18H18N2O3.Li/c21-17-18(22)20(10-9-19-17)12-15-7-4-8-16(11-15)23-13-14-5-2-1-3-6-14;/h1-8,11H,9-10,12-13H2,(H,19,21);/q;+1/p-1. The summed E-state index contributed by atoms with van der Waals surface area (Å²) in [5.74, 6) is -0.452. The molecule has 0 aliphatic carbocycles. The Morgan fingerprint density at radius 2 is 1.75 bits per heavy atom. The maximum Gasteiger partial charge on any atom is 1.00 e. The number of ether oxygens (including phenoxy) is 1. The maximum absolute atomic E-state index is 11.8. The third kappa shape index (κ3) is 4.64. The molecule has 0 unspecified atom stereocenters. The van der Waals surface area contributed by atoms with Crippen LogP contribution >= 0.6 is 0 Å². The Hall–Kier alpha value is -2.22. The zero-order valence-electron chi connectivity index (χ0n) is 13.6. The van der Waals surface area contributed by atoms with Crippen LogP contribution in [0, 0.1) is 0 Å². The number of rotatable bonds is 5. The number of piperazine rings is 1. The van der Waals surface area contributed by atoms with Crippen molar-refractivity contribution in [3.8, 4) is 5.75 Å². The molecule has 1 saturated heterocycles. The molecule has 0 N–H and O–H groups in total. The minimum atomic E-state index is -0.660. The molecule has 2 amide bonds. The van der Waals surface area contributed by atoms with Crippen molar-refractivity contribution in [2.75, 3.05) is 13.1 Å². The molecule has 5 nitrogen and oxygen atoms in total. The summed E-state index contributed by atoms with van der Waals surface area (Å²) in [6, 6.07) is 17.5. The van der Waals surface area contributed by atoms with Gasteiger partial charge in [-0.3, -0.25) is 4.79 Å². The van der Waals surface area contributed by atoms with E-state index in [-0.39, 0.29) is 18.9 Å². The molecule has 6 heteroatoms. The number of hydrogen-bond donors (Lipinski definition) is 0. The second-order valence-electron chi connectivity index (χ2n) is 5.34. The Morgan fingerprint density at radius 3 is 2.54 bits per heavy atom. The van der Waals surface area contributed by atoms with Gasteiger partial charge in [0.25, 0.3) is 5.91 Å². The van der Waals surface area contributed by atoms with Crippen LogP contribution in [0.4, 0.5) is 0 Å². The molecule has 0 aromatic heterocycles. The van der Waals surface area contributed by atoms with E-state index >= 15 is 0 Å². The van der Waals surface area contributed by atoms with E-state index in [2.05, 4.69) is 5.32 Å². The average molecular weight is 316 g/mol. The number of hydrogen-bond acceptors (Lipinski definition) is 3. The van der Waals surface area contributed by atoms with Crippen LogP contribution in [0.1, 0.15) is 11.1 Å². The maximum atomic E-state index is 11.8. The first kappa shape index (κ1) is 18.1. The summed E-state index contributed by atoms with van der Waals surface area (Å²) in [6.45, 7) is 1.72. The summed E-state index contributed by atoms with van der Waals surface area (Å²) in [4.78, 5) is 24.6. The van der Waals surface area contributed by atoms with E-state index in [1.165, 1.54) is 4.90 Å². The molecule has 118 valence electrons. The van der Waals surface area contributed by atoms with Crippen molar-refractivity contribution in [1.29, 1.82) is 0 Å². The van der Waals surface area contributed by atoms with Gasteiger partial charge in [0.15, 0.2) is 0 Å². The van der Waals surface area contributed by atoms with Gasteiger partial charge in [-0.05, 0) is 23.3 Å². The fourth-order valence-electron chi connectivity index (χ4n) is 2.42. The van der Waals surface area contributed by atoms with Crippen molar-refractivity contribution >= 4 is 11.8 Å². The van der Waals surface area contributed by atoms with Gasteiger partial charge in [0, 0.05) is 13.1 Å². The molecule has 0 spiro atoms. The predicted molar refractivity (Wildman–Crippen MR) is 85.9 cm³/mol. The van der Waals surface area contributed by atoms with E-state index in [1.807, 2.05) is 54.6 Å². The molecule has 1 fully saturated rings. The van der Waals surface area contributed by atoms with Crippen molar-refractivity contribution in [1.82, 2.24) is 4.90 Å².